The topological polar surface area (TPSA) is 108 Å². The van der Waals surface area contributed by atoms with Crippen molar-refractivity contribution in [3.63, 3.8) is 0 Å². The number of hydrogen-bond donors (Lipinski definition) is 3. The first kappa shape index (κ1) is 13.5. The van der Waals surface area contributed by atoms with Crippen molar-refractivity contribution in [2.75, 3.05) is 6.54 Å². The molecule has 3 N–H and O–H groups in total. The zero-order valence-electron chi connectivity index (χ0n) is 10.5. The highest BCUT2D eigenvalue weighted by Gasteiger charge is 2.30. The number of carbonyl (C=O) groups excluding carboxylic acids is 1. The molecule has 1 saturated carbocycles. The van der Waals surface area contributed by atoms with E-state index in [1.54, 1.807) is 0 Å². The third-order valence-corrected chi connectivity index (χ3v) is 3.47. The highest BCUT2D eigenvalue weighted by atomic mass is 16.6. The van der Waals surface area contributed by atoms with Crippen molar-refractivity contribution in [1.29, 1.82) is 0 Å². The average molecular weight is 267 g/mol. The van der Waals surface area contributed by atoms with E-state index in [0.29, 0.717) is 12.8 Å². The molecule has 0 unspecified atom stereocenters. The van der Waals surface area contributed by atoms with Crippen LogP contribution in [0.2, 0.25) is 0 Å². The van der Waals surface area contributed by atoms with Gasteiger partial charge in [0.1, 0.15) is 0 Å². The fourth-order valence-corrected chi connectivity index (χ4v) is 2.35. The standard InChI is InChI=1S/C12H17N3O4/c16-11(9-4-5-10(14-9)15(18)19)13-8-12(17)6-2-1-3-7-12/h4-5,14,17H,1-3,6-8H2,(H,13,16). The predicted molar refractivity (Wildman–Crippen MR) is 67.8 cm³/mol. The Morgan fingerprint density at radius 1 is 1.42 bits per heavy atom. The molecular formula is C12H17N3O4. The minimum atomic E-state index is -0.841. The first-order valence-electron chi connectivity index (χ1n) is 6.34. The van der Waals surface area contributed by atoms with Crippen molar-refractivity contribution < 1.29 is 14.8 Å². The number of aromatic nitrogens is 1. The normalized spacial score (nSPS) is 17.9. The van der Waals surface area contributed by atoms with Gasteiger partial charge in [0, 0.05) is 12.6 Å². The lowest BCUT2D eigenvalue weighted by Crippen LogP contribution is -2.44. The van der Waals surface area contributed by atoms with Crippen LogP contribution < -0.4 is 5.32 Å². The Morgan fingerprint density at radius 2 is 2.11 bits per heavy atom. The monoisotopic (exact) mass is 267 g/mol. The molecule has 1 heterocycles. The summed E-state index contributed by atoms with van der Waals surface area (Å²) in [6.07, 6.45) is 4.38. The van der Waals surface area contributed by atoms with Gasteiger partial charge >= 0.3 is 5.82 Å². The summed E-state index contributed by atoms with van der Waals surface area (Å²) in [6, 6.07) is 2.60. The summed E-state index contributed by atoms with van der Waals surface area (Å²) >= 11 is 0. The molecule has 7 heteroatoms. The van der Waals surface area contributed by atoms with Gasteiger partial charge in [0.25, 0.3) is 5.91 Å². The number of rotatable bonds is 4. The van der Waals surface area contributed by atoms with Crippen LogP contribution >= 0.6 is 0 Å². The van der Waals surface area contributed by atoms with Gasteiger partial charge in [-0.3, -0.25) is 4.79 Å². The Hall–Kier alpha value is -1.89. The van der Waals surface area contributed by atoms with Crippen LogP contribution in [-0.2, 0) is 0 Å². The minimum absolute atomic E-state index is 0.131. The number of nitrogens with one attached hydrogen (secondary N) is 2. The Labute approximate surface area is 110 Å². The smallest absolute Gasteiger partial charge is 0.321 e. The largest absolute Gasteiger partial charge is 0.388 e. The highest BCUT2D eigenvalue weighted by molar-refractivity contribution is 5.92. The number of H-pyrrole nitrogens is 1. The number of aliphatic hydroxyl groups is 1. The second-order valence-corrected chi connectivity index (χ2v) is 4.98. The van der Waals surface area contributed by atoms with Crippen LogP contribution in [0.1, 0.15) is 42.6 Å². The molecule has 0 atom stereocenters. The molecule has 1 aromatic rings. The molecule has 7 nitrogen and oxygen atoms in total. The number of carbonyl (C=O) groups is 1. The van der Waals surface area contributed by atoms with E-state index < -0.39 is 16.4 Å². The van der Waals surface area contributed by atoms with Gasteiger partial charge in [-0.25, -0.2) is 4.98 Å². The highest BCUT2D eigenvalue weighted by Crippen LogP contribution is 2.27. The Kier molecular flexibility index (Phi) is 3.84. The molecule has 0 spiro atoms. The first-order valence-corrected chi connectivity index (χ1v) is 6.34. The predicted octanol–water partition coefficient (Wildman–Crippen LogP) is 1.35. The lowest BCUT2D eigenvalue weighted by Gasteiger charge is -2.31. The molecule has 19 heavy (non-hydrogen) atoms. The zero-order chi connectivity index (χ0) is 13.9. The molecule has 0 aromatic carbocycles. The Morgan fingerprint density at radius 3 is 2.68 bits per heavy atom. The second kappa shape index (κ2) is 5.40. The van der Waals surface area contributed by atoms with Gasteiger partial charge in [0.05, 0.1) is 5.60 Å². The summed E-state index contributed by atoms with van der Waals surface area (Å²) in [5.41, 5.74) is -0.710. The molecule has 0 bridgehead atoms. The van der Waals surface area contributed by atoms with E-state index in [-0.39, 0.29) is 18.1 Å². The zero-order valence-corrected chi connectivity index (χ0v) is 10.5. The SMILES string of the molecule is O=C(NCC1(O)CCCCC1)c1ccc([N+](=O)[O-])[nH]1. The van der Waals surface area contributed by atoms with Crippen molar-refractivity contribution in [1.82, 2.24) is 10.3 Å². The summed E-state index contributed by atoms with van der Waals surface area (Å²) in [4.78, 5) is 24.1. The van der Waals surface area contributed by atoms with Crippen LogP contribution in [-0.4, -0.2) is 33.1 Å². The summed E-state index contributed by atoms with van der Waals surface area (Å²) in [5, 5.41) is 23.3. The van der Waals surface area contributed by atoms with Gasteiger partial charge in [-0.2, -0.15) is 0 Å². The summed E-state index contributed by atoms with van der Waals surface area (Å²) < 4.78 is 0. The molecular weight excluding hydrogens is 250 g/mol. The maximum Gasteiger partial charge on any atom is 0.321 e. The molecule has 1 aromatic heterocycles. The van der Waals surface area contributed by atoms with E-state index in [9.17, 15) is 20.0 Å². The number of nitro groups is 1. The van der Waals surface area contributed by atoms with Crippen LogP contribution in [0.25, 0.3) is 0 Å². The summed E-state index contributed by atoms with van der Waals surface area (Å²) in [6.45, 7) is 0.179. The molecule has 104 valence electrons. The van der Waals surface area contributed by atoms with Crippen molar-refractivity contribution in [3.8, 4) is 0 Å². The number of aromatic amines is 1. The van der Waals surface area contributed by atoms with E-state index in [1.165, 1.54) is 12.1 Å². The van der Waals surface area contributed by atoms with Gasteiger partial charge < -0.3 is 20.5 Å². The number of nitrogens with zero attached hydrogens (tertiary/aromatic N) is 1. The van der Waals surface area contributed by atoms with Gasteiger partial charge in [0.15, 0.2) is 5.69 Å². The molecule has 1 aliphatic carbocycles. The molecule has 0 aliphatic heterocycles. The molecule has 1 amide bonds. The maximum atomic E-state index is 11.8. The summed E-state index contributed by atoms with van der Waals surface area (Å²) in [5.74, 6) is -0.659. The molecule has 1 aliphatic rings. The Bertz CT molecular complexity index is 477. The minimum Gasteiger partial charge on any atom is -0.388 e. The van der Waals surface area contributed by atoms with Crippen molar-refractivity contribution in [3.05, 3.63) is 27.9 Å². The first-order chi connectivity index (χ1) is 9.00. The van der Waals surface area contributed by atoms with Crippen LogP contribution in [0.15, 0.2) is 12.1 Å². The van der Waals surface area contributed by atoms with Crippen LogP contribution in [0.4, 0.5) is 5.82 Å². The van der Waals surface area contributed by atoms with E-state index in [2.05, 4.69) is 10.3 Å². The maximum absolute atomic E-state index is 11.8. The van der Waals surface area contributed by atoms with Crippen LogP contribution in [0.3, 0.4) is 0 Å². The van der Waals surface area contributed by atoms with Crippen LogP contribution in [0.5, 0.6) is 0 Å². The van der Waals surface area contributed by atoms with Crippen molar-refractivity contribution in [2.24, 2.45) is 0 Å². The third-order valence-electron chi connectivity index (χ3n) is 3.47. The molecule has 0 radical (unpaired) electrons. The quantitative estimate of drug-likeness (QED) is 0.565. The van der Waals surface area contributed by atoms with E-state index in [0.717, 1.165) is 19.3 Å². The van der Waals surface area contributed by atoms with Crippen LogP contribution in [0, 0.1) is 10.1 Å². The van der Waals surface area contributed by atoms with Crippen molar-refractivity contribution in [2.45, 2.75) is 37.7 Å². The number of hydrogen-bond acceptors (Lipinski definition) is 4. The Balaban J connectivity index is 1.91. The fraction of sp³-hybridized carbons (Fsp3) is 0.583. The summed E-state index contributed by atoms with van der Waals surface area (Å²) in [7, 11) is 0. The van der Waals surface area contributed by atoms with Gasteiger partial charge in [-0.1, -0.05) is 19.3 Å². The van der Waals surface area contributed by atoms with E-state index >= 15 is 0 Å². The van der Waals surface area contributed by atoms with E-state index in [4.69, 9.17) is 0 Å². The van der Waals surface area contributed by atoms with Gasteiger partial charge in [0.2, 0.25) is 0 Å². The second-order valence-electron chi connectivity index (χ2n) is 4.98. The number of amides is 1. The fourth-order valence-electron chi connectivity index (χ4n) is 2.35. The van der Waals surface area contributed by atoms with E-state index in [1.807, 2.05) is 0 Å². The average Bonchev–Trinajstić information content (AvgIpc) is 2.87. The van der Waals surface area contributed by atoms with Crippen molar-refractivity contribution >= 4 is 11.7 Å². The van der Waals surface area contributed by atoms with Gasteiger partial charge in [-0.05, 0) is 23.8 Å². The lowest BCUT2D eigenvalue weighted by atomic mass is 9.85. The molecule has 1 fully saturated rings. The molecule has 2 rings (SSSR count). The lowest BCUT2D eigenvalue weighted by molar-refractivity contribution is -0.389. The third kappa shape index (κ3) is 3.31. The van der Waals surface area contributed by atoms with Gasteiger partial charge in [-0.15, -0.1) is 0 Å². The molecule has 0 saturated heterocycles.